The highest BCUT2D eigenvalue weighted by molar-refractivity contribution is 7.91. The minimum Gasteiger partial charge on any atom is -0.494 e. The Morgan fingerprint density at radius 1 is 0.897 bits per heavy atom. The van der Waals surface area contributed by atoms with Crippen molar-refractivity contribution in [3.63, 3.8) is 0 Å². The van der Waals surface area contributed by atoms with E-state index in [-0.39, 0.29) is 27.9 Å². The molecule has 10 heteroatoms. The van der Waals surface area contributed by atoms with Crippen LogP contribution in [0.2, 0.25) is 0 Å². The van der Waals surface area contributed by atoms with Gasteiger partial charge in [0.1, 0.15) is 35.4 Å². The van der Waals surface area contributed by atoms with Gasteiger partial charge in [-0.25, -0.2) is 8.42 Å². The number of methoxy groups -OCH3 is 2. The number of unbranched alkanes of at least 4 members (excludes halogenated alkanes) is 1. The standard InChI is InChI=1S/C29H30N2O7S/c1-4-5-14-25-30-28(32)27(29(33)31(25)26-23(36-2)12-9-13-24(26)37-3)39(34,35)22-17-15-21(16-18-22)38-19-20-10-7-6-8-11-20/h6-13,15-18,32H,4-5,14,19H2,1-3H3. The molecular formula is C29H30N2O7S. The van der Waals surface area contributed by atoms with Crippen LogP contribution in [0.4, 0.5) is 0 Å². The lowest BCUT2D eigenvalue weighted by Gasteiger charge is -2.19. The van der Waals surface area contributed by atoms with Gasteiger partial charge in [-0.2, -0.15) is 4.98 Å². The second-order valence-corrected chi connectivity index (χ2v) is 10.6. The molecule has 39 heavy (non-hydrogen) atoms. The molecule has 0 spiro atoms. The normalized spacial score (nSPS) is 11.3. The summed E-state index contributed by atoms with van der Waals surface area (Å²) >= 11 is 0. The molecule has 1 N–H and O–H groups in total. The number of benzene rings is 3. The third kappa shape index (κ3) is 5.75. The quantitative estimate of drug-likeness (QED) is 0.285. The van der Waals surface area contributed by atoms with Gasteiger partial charge >= 0.3 is 0 Å². The number of para-hydroxylation sites is 1. The Bertz CT molecular complexity index is 1580. The molecule has 0 saturated heterocycles. The van der Waals surface area contributed by atoms with Crippen LogP contribution in [0.3, 0.4) is 0 Å². The molecule has 1 aromatic heterocycles. The van der Waals surface area contributed by atoms with Crippen molar-refractivity contribution in [1.29, 1.82) is 0 Å². The lowest BCUT2D eigenvalue weighted by atomic mass is 10.2. The van der Waals surface area contributed by atoms with Crippen LogP contribution in [-0.2, 0) is 22.9 Å². The number of aromatic hydroxyl groups is 1. The molecule has 0 aliphatic rings. The highest BCUT2D eigenvalue weighted by atomic mass is 32.2. The maximum Gasteiger partial charge on any atom is 0.281 e. The monoisotopic (exact) mass is 550 g/mol. The molecule has 0 aliphatic heterocycles. The first kappa shape index (κ1) is 27.7. The number of aryl methyl sites for hydroxylation is 1. The van der Waals surface area contributed by atoms with E-state index in [1.165, 1.54) is 38.5 Å². The maximum absolute atomic E-state index is 13.9. The van der Waals surface area contributed by atoms with E-state index in [0.717, 1.165) is 16.6 Å². The van der Waals surface area contributed by atoms with Crippen LogP contribution >= 0.6 is 0 Å². The van der Waals surface area contributed by atoms with Gasteiger partial charge in [-0.3, -0.25) is 9.36 Å². The van der Waals surface area contributed by atoms with Crippen molar-refractivity contribution in [2.45, 2.75) is 42.6 Å². The molecule has 4 aromatic rings. The van der Waals surface area contributed by atoms with E-state index >= 15 is 0 Å². The van der Waals surface area contributed by atoms with Gasteiger partial charge in [0.15, 0.2) is 4.90 Å². The summed E-state index contributed by atoms with van der Waals surface area (Å²) in [4.78, 5) is 17.0. The molecule has 0 bridgehead atoms. The Morgan fingerprint density at radius 3 is 2.13 bits per heavy atom. The van der Waals surface area contributed by atoms with E-state index in [1.54, 1.807) is 18.2 Å². The van der Waals surface area contributed by atoms with Crippen molar-refractivity contribution in [3.8, 4) is 28.8 Å². The first-order valence-corrected chi connectivity index (χ1v) is 13.9. The zero-order valence-electron chi connectivity index (χ0n) is 22.0. The van der Waals surface area contributed by atoms with Crippen molar-refractivity contribution < 1.29 is 27.7 Å². The summed E-state index contributed by atoms with van der Waals surface area (Å²) in [5.41, 5.74) is 0.202. The van der Waals surface area contributed by atoms with Crippen molar-refractivity contribution >= 4 is 9.84 Å². The third-order valence-corrected chi connectivity index (χ3v) is 7.91. The molecule has 0 amide bonds. The molecule has 0 fully saturated rings. The molecule has 0 atom stereocenters. The molecule has 0 saturated carbocycles. The van der Waals surface area contributed by atoms with Gasteiger partial charge in [0.2, 0.25) is 15.7 Å². The second-order valence-electron chi connectivity index (χ2n) is 8.69. The van der Waals surface area contributed by atoms with E-state index in [0.29, 0.717) is 25.2 Å². The Labute approximate surface area is 227 Å². The zero-order chi connectivity index (χ0) is 28.0. The molecule has 1 heterocycles. The highest BCUT2D eigenvalue weighted by Gasteiger charge is 2.31. The Kier molecular flexibility index (Phi) is 8.55. The average Bonchev–Trinajstić information content (AvgIpc) is 2.95. The highest BCUT2D eigenvalue weighted by Crippen LogP contribution is 2.34. The van der Waals surface area contributed by atoms with E-state index < -0.39 is 26.2 Å². The first-order valence-electron chi connectivity index (χ1n) is 12.4. The zero-order valence-corrected chi connectivity index (χ0v) is 22.8. The molecule has 3 aromatic carbocycles. The smallest absolute Gasteiger partial charge is 0.281 e. The Morgan fingerprint density at radius 2 is 1.54 bits per heavy atom. The van der Waals surface area contributed by atoms with E-state index in [4.69, 9.17) is 14.2 Å². The average molecular weight is 551 g/mol. The van der Waals surface area contributed by atoms with Crippen LogP contribution in [0.5, 0.6) is 23.1 Å². The van der Waals surface area contributed by atoms with Gasteiger partial charge in [0.25, 0.3) is 5.56 Å². The Balaban J connectivity index is 1.80. The summed E-state index contributed by atoms with van der Waals surface area (Å²) in [5.74, 6) is 0.340. The molecule has 0 radical (unpaired) electrons. The van der Waals surface area contributed by atoms with Gasteiger partial charge < -0.3 is 19.3 Å². The molecule has 0 unspecified atom stereocenters. The summed E-state index contributed by atoms with van der Waals surface area (Å²) in [6.07, 6.45) is 1.76. The summed E-state index contributed by atoms with van der Waals surface area (Å²) in [7, 11) is -1.61. The minimum absolute atomic E-state index is 0.186. The largest absolute Gasteiger partial charge is 0.494 e. The Hall–Kier alpha value is -4.31. The van der Waals surface area contributed by atoms with Gasteiger partial charge in [0.05, 0.1) is 19.1 Å². The molecule has 4 rings (SSSR count). The molecule has 204 valence electrons. The fraction of sp³-hybridized carbons (Fsp3) is 0.241. The van der Waals surface area contributed by atoms with Gasteiger partial charge in [-0.05, 0) is 48.4 Å². The van der Waals surface area contributed by atoms with Crippen molar-refractivity contribution in [3.05, 3.63) is 94.5 Å². The number of aromatic nitrogens is 2. The molecular weight excluding hydrogens is 520 g/mol. The lowest BCUT2D eigenvalue weighted by Crippen LogP contribution is -2.29. The minimum atomic E-state index is -4.47. The molecule has 0 aliphatic carbocycles. The number of hydrogen-bond donors (Lipinski definition) is 1. The van der Waals surface area contributed by atoms with Crippen LogP contribution in [-0.4, -0.2) is 37.3 Å². The maximum atomic E-state index is 13.9. The molecule has 9 nitrogen and oxygen atoms in total. The fourth-order valence-corrected chi connectivity index (χ4v) is 5.47. The lowest BCUT2D eigenvalue weighted by molar-refractivity contribution is 0.306. The first-order chi connectivity index (χ1) is 18.8. The summed E-state index contributed by atoms with van der Waals surface area (Å²) in [6, 6.07) is 20.1. The van der Waals surface area contributed by atoms with Crippen LogP contribution in [0.25, 0.3) is 5.69 Å². The van der Waals surface area contributed by atoms with Crippen LogP contribution in [0.15, 0.2) is 87.4 Å². The predicted octanol–water partition coefficient (Wildman–Crippen LogP) is 4.71. The van der Waals surface area contributed by atoms with Gasteiger partial charge in [0, 0.05) is 6.42 Å². The number of nitrogens with zero attached hydrogens (tertiary/aromatic N) is 2. The summed E-state index contributed by atoms with van der Waals surface area (Å²) < 4.78 is 45.2. The van der Waals surface area contributed by atoms with Crippen LogP contribution < -0.4 is 19.8 Å². The number of hydrogen-bond acceptors (Lipinski definition) is 8. The summed E-state index contributed by atoms with van der Waals surface area (Å²) in [6.45, 7) is 2.28. The van der Waals surface area contributed by atoms with Crippen molar-refractivity contribution in [1.82, 2.24) is 9.55 Å². The van der Waals surface area contributed by atoms with Gasteiger partial charge in [-0.15, -0.1) is 0 Å². The van der Waals surface area contributed by atoms with Crippen LogP contribution in [0.1, 0.15) is 31.2 Å². The number of sulfone groups is 1. The number of rotatable bonds is 11. The van der Waals surface area contributed by atoms with Gasteiger partial charge in [-0.1, -0.05) is 49.7 Å². The third-order valence-electron chi connectivity index (χ3n) is 6.12. The van der Waals surface area contributed by atoms with Crippen LogP contribution in [0, 0.1) is 0 Å². The predicted molar refractivity (Wildman–Crippen MR) is 146 cm³/mol. The van der Waals surface area contributed by atoms with E-state index in [2.05, 4.69) is 4.98 Å². The topological polar surface area (TPSA) is 117 Å². The van der Waals surface area contributed by atoms with Crippen molar-refractivity contribution in [2.24, 2.45) is 0 Å². The number of ether oxygens (including phenoxy) is 3. The summed E-state index contributed by atoms with van der Waals surface area (Å²) in [5, 5.41) is 10.8. The second kappa shape index (κ2) is 12.0. The van der Waals surface area contributed by atoms with E-state index in [1.807, 2.05) is 37.3 Å². The fourth-order valence-electron chi connectivity index (χ4n) is 4.13. The van der Waals surface area contributed by atoms with Crippen molar-refractivity contribution in [2.75, 3.05) is 14.2 Å². The van der Waals surface area contributed by atoms with E-state index in [9.17, 15) is 18.3 Å². The SMILES string of the molecule is CCCCc1nc(O)c(S(=O)(=O)c2ccc(OCc3ccccc3)cc2)c(=O)n1-c1c(OC)cccc1OC.